The van der Waals surface area contributed by atoms with Gasteiger partial charge in [-0.2, -0.15) is 0 Å². The van der Waals surface area contributed by atoms with E-state index in [9.17, 15) is 10.1 Å². The largest absolute Gasteiger partial charge is 0.381 e. The quantitative estimate of drug-likeness (QED) is 0.674. The number of nitro groups is 1. The fourth-order valence-corrected chi connectivity index (χ4v) is 3.85. The third-order valence-electron chi connectivity index (χ3n) is 4.76. The van der Waals surface area contributed by atoms with Crippen LogP contribution in [0.25, 0.3) is 0 Å². The molecule has 23 heavy (non-hydrogen) atoms. The van der Waals surface area contributed by atoms with Crippen molar-refractivity contribution in [1.82, 2.24) is 10.2 Å². The lowest BCUT2D eigenvalue weighted by atomic mass is 9.85. The summed E-state index contributed by atoms with van der Waals surface area (Å²) in [5.74, 6) is 0.360. The van der Waals surface area contributed by atoms with Crippen molar-refractivity contribution in [2.45, 2.75) is 18.9 Å². The summed E-state index contributed by atoms with van der Waals surface area (Å²) >= 11 is 6.17. The average Bonchev–Trinajstić information content (AvgIpc) is 2.57. The Morgan fingerprint density at radius 3 is 2.65 bits per heavy atom. The van der Waals surface area contributed by atoms with Gasteiger partial charge < -0.3 is 10.1 Å². The van der Waals surface area contributed by atoms with E-state index < -0.39 is 0 Å². The number of benzene rings is 1. The first-order valence-electron chi connectivity index (χ1n) is 8.13. The van der Waals surface area contributed by atoms with Crippen molar-refractivity contribution in [3.05, 3.63) is 38.9 Å². The molecule has 0 bridgehead atoms. The molecule has 0 saturated carbocycles. The first-order chi connectivity index (χ1) is 11.2. The highest BCUT2D eigenvalue weighted by atomic mass is 35.5. The summed E-state index contributed by atoms with van der Waals surface area (Å²) in [5.41, 5.74) is 0.917. The number of hydrogen-bond acceptors (Lipinski definition) is 5. The van der Waals surface area contributed by atoms with Crippen molar-refractivity contribution in [1.29, 1.82) is 0 Å². The van der Waals surface area contributed by atoms with E-state index >= 15 is 0 Å². The minimum absolute atomic E-state index is 0.0279. The molecule has 1 N–H and O–H groups in total. The number of hydrogen-bond donors (Lipinski definition) is 1. The maximum Gasteiger partial charge on any atom is 0.274 e. The van der Waals surface area contributed by atoms with E-state index in [1.54, 1.807) is 12.1 Å². The third-order valence-corrected chi connectivity index (χ3v) is 5.00. The second-order valence-corrected chi connectivity index (χ2v) is 6.58. The molecule has 2 heterocycles. The molecule has 6 nitrogen and oxygen atoms in total. The predicted octanol–water partition coefficient (Wildman–Crippen LogP) is 2.62. The molecule has 1 aromatic carbocycles. The minimum atomic E-state index is -0.291. The van der Waals surface area contributed by atoms with Crippen molar-refractivity contribution in [3.8, 4) is 0 Å². The molecule has 0 aromatic heterocycles. The van der Waals surface area contributed by atoms with Crippen LogP contribution in [0.3, 0.4) is 0 Å². The number of rotatable bonds is 4. The molecule has 1 aromatic rings. The Hall–Kier alpha value is -1.21. The Kier molecular flexibility index (Phi) is 5.48. The summed E-state index contributed by atoms with van der Waals surface area (Å²) < 4.78 is 5.48. The van der Waals surface area contributed by atoms with Gasteiger partial charge in [0.05, 0.1) is 4.92 Å². The first-order valence-corrected chi connectivity index (χ1v) is 8.51. The predicted molar refractivity (Wildman–Crippen MR) is 88.8 cm³/mol. The lowest BCUT2D eigenvalue weighted by molar-refractivity contribution is -0.386. The maximum atomic E-state index is 11.5. The SMILES string of the molecule is O=[N+]([O-])c1ccc(Cl)cc1[C@@H](C1CCOCC1)N1CCNCC1. The van der Waals surface area contributed by atoms with Crippen LogP contribution in [0.5, 0.6) is 0 Å². The van der Waals surface area contributed by atoms with Crippen molar-refractivity contribution >= 4 is 17.3 Å². The molecule has 1 atom stereocenters. The van der Waals surface area contributed by atoms with Crippen LogP contribution in [0.2, 0.25) is 5.02 Å². The second kappa shape index (κ2) is 7.57. The van der Waals surface area contributed by atoms with Crippen LogP contribution in [0.1, 0.15) is 24.4 Å². The van der Waals surface area contributed by atoms with E-state index in [0.717, 1.165) is 57.8 Å². The lowest BCUT2D eigenvalue weighted by Gasteiger charge is -2.40. The standard InChI is InChI=1S/C16H22ClN3O3/c17-13-1-2-15(20(21)22)14(11-13)16(12-3-9-23-10-4-12)19-7-5-18-6-8-19/h1-2,11-12,16,18H,3-10H2/t16-/m1/s1. The zero-order valence-corrected chi connectivity index (χ0v) is 13.8. The molecule has 2 fully saturated rings. The Morgan fingerprint density at radius 2 is 2.00 bits per heavy atom. The van der Waals surface area contributed by atoms with Gasteiger partial charge in [-0.15, -0.1) is 0 Å². The number of nitrogens with one attached hydrogen (secondary N) is 1. The first kappa shape index (κ1) is 16.6. The number of halogens is 1. The molecule has 2 aliphatic rings. The van der Waals surface area contributed by atoms with Crippen molar-refractivity contribution < 1.29 is 9.66 Å². The minimum Gasteiger partial charge on any atom is -0.381 e. The van der Waals surface area contributed by atoms with Crippen LogP contribution in [0, 0.1) is 16.0 Å². The molecule has 2 aliphatic heterocycles. The number of nitrogens with zero attached hydrogens (tertiary/aromatic N) is 2. The topological polar surface area (TPSA) is 67.6 Å². The van der Waals surface area contributed by atoms with Gasteiger partial charge in [0.2, 0.25) is 0 Å². The van der Waals surface area contributed by atoms with E-state index in [-0.39, 0.29) is 16.7 Å². The number of piperazine rings is 1. The summed E-state index contributed by atoms with van der Waals surface area (Å²) in [6, 6.07) is 4.94. The van der Waals surface area contributed by atoms with Gasteiger partial charge in [0.25, 0.3) is 5.69 Å². The van der Waals surface area contributed by atoms with Crippen molar-refractivity contribution in [2.24, 2.45) is 5.92 Å². The zero-order chi connectivity index (χ0) is 16.2. The van der Waals surface area contributed by atoms with E-state index in [1.165, 1.54) is 6.07 Å². The van der Waals surface area contributed by atoms with E-state index in [2.05, 4.69) is 10.2 Å². The fourth-order valence-electron chi connectivity index (χ4n) is 3.67. The summed E-state index contributed by atoms with van der Waals surface area (Å²) in [7, 11) is 0. The third kappa shape index (κ3) is 3.83. The van der Waals surface area contributed by atoms with Gasteiger partial charge in [-0.25, -0.2) is 0 Å². The van der Waals surface area contributed by atoms with Crippen LogP contribution in [-0.2, 0) is 4.74 Å². The normalized spacial score (nSPS) is 22.0. The van der Waals surface area contributed by atoms with E-state index in [0.29, 0.717) is 10.9 Å². The molecule has 7 heteroatoms. The Balaban J connectivity index is 1.99. The van der Waals surface area contributed by atoms with Gasteiger partial charge in [0.1, 0.15) is 0 Å². The highest BCUT2D eigenvalue weighted by Gasteiger charge is 2.35. The summed E-state index contributed by atoms with van der Waals surface area (Å²) in [6.45, 7) is 5.06. The summed E-state index contributed by atoms with van der Waals surface area (Å²) in [4.78, 5) is 13.6. The Bertz CT molecular complexity index is 540. The molecule has 0 aliphatic carbocycles. The van der Waals surface area contributed by atoms with Crippen molar-refractivity contribution in [3.63, 3.8) is 0 Å². The van der Waals surface area contributed by atoms with E-state index in [4.69, 9.17) is 16.3 Å². The molecule has 3 rings (SSSR count). The molecule has 0 radical (unpaired) electrons. The van der Waals surface area contributed by atoms with Crippen molar-refractivity contribution in [2.75, 3.05) is 39.4 Å². The smallest absolute Gasteiger partial charge is 0.274 e. The van der Waals surface area contributed by atoms with Crippen LogP contribution in [-0.4, -0.2) is 49.2 Å². The molecule has 2 saturated heterocycles. The molecular formula is C16H22ClN3O3. The van der Waals surface area contributed by atoms with Gasteiger partial charge in [0.15, 0.2) is 0 Å². The molecule has 126 valence electrons. The van der Waals surface area contributed by atoms with Gasteiger partial charge in [-0.3, -0.25) is 15.0 Å². The average molecular weight is 340 g/mol. The molecule has 0 amide bonds. The summed E-state index contributed by atoms with van der Waals surface area (Å²) in [5, 5.41) is 15.4. The van der Waals surface area contributed by atoms with Gasteiger partial charge in [-0.1, -0.05) is 11.6 Å². The van der Waals surface area contributed by atoms with Gasteiger partial charge >= 0.3 is 0 Å². The number of ether oxygens (including phenoxy) is 1. The highest BCUT2D eigenvalue weighted by Crippen LogP contribution is 2.40. The Morgan fingerprint density at radius 1 is 1.30 bits per heavy atom. The molecule has 0 unspecified atom stereocenters. The van der Waals surface area contributed by atoms with E-state index in [1.807, 2.05) is 0 Å². The lowest BCUT2D eigenvalue weighted by Crippen LogP contribution is -2.47. The van der Waals surface area contributed by atoms with Crippen LogP contribution >= 0.6 is 11.6 Å². The fraction of sp³-hybridized carbons (Fsp3) is 0.625. The summed E-state index contributed by atoms with van der Waals surface area (Å²) in [6.07, 6.45) is 1.86. The maximum absolute atomic E-state index is 11.5. The van der Waals surface area contributed by atoms with Crippen LogP contribution in [0.15, 0.2) is 18.2 Å². The second-order valence-electron chi connectivity index (χ2n) is 6.14. The molecular weight excluding hydrogens is 318 g/mol. The van der Waals surface area contributed by atoms with Gasteiger partial charge in [-0.05, 0) is 30.9 Å². The highest BCUT2D eigenvalue weighted by molar-refractivity contribution is 6.30. The van der Waals surface area contributed by atoms with Gasteiger partial charge in [0, 0.05) is 62.1 Å². The zero-order valence-electron chi connectivity index (χ0n) is 13.0. The van der Waals surface area contributed by atoms with Crippen LogP contribution in [0.4, 0.5) is 5.69 Å². The number of nitro benzene ring substituents is 1. The Labute approximate surface area is 140 Å². The van der Waals surface area contributed by atoms with Crippen LogP contribution < -0.4 is 5.32 Å². The molecule has 0 spiro atoms. The monoisotopic (exact) mass is 339 g/mol.